The van der Waals surface area contributed by atoms with Crippen molar-refractivity contribution in [1.82, 2.24) is 5.32 Å². The van der Waals surface area contributed by atoms with E-state index in [0.29, 0.717) is 5.69 Å². The van der Waals surface area contributed by atoms with Crippen molar-refractivity contribution in [1.29, 1.82) is 0 Å². The smallest absolute Gasteiger partial charge is 0.264 e. The number of hydrogen-bond acceptors (Lipinski definition) is 3. The third kappa shape index (κ3) is 5.07. The fourth-order valence-corrected chi connectivity index (χ4v) is 4.42. The summed E-state index contributed by atoms with van der Waals surface area (Å²) >= 11 is 0. The Labute approximate surface area is 177 Å². The fourth-order valence-electron chi connectivity index (χ4n) is 2.90. The quantitative estimate of drug-likeness (QED) is 0.621. The van der Waals surface area contributed by atoms with Gasteiger partial charge in [-0.2, -0.15) is 0 Å². The lowest BCUT2D eigenvalue weighted by molar-refractivity contribution is 0.0958. The maximum absolute atomic E-state index is 13.1. The van der Waals surface area contributed by atoms with Gasteiger partial charge in [-0.25, -0.2) is 8.42 Å². The maximum atomic E-state index is 13.1. The van der Waals surface area contributed by atoms with E-state index in [1.807, 2.05) is 36.4 Å². The van der Waals surface area contributed by atoms with E-state index in [9.17, 15) is 13.2 Å². The van der Waals surface area contributed by atoms with Gasteiger partial charge in [-0.1, -0.05) is 54.3 Å². The first-order valence-electron chi connectivity index (χ1n) is 9.52. The largest absolute Gasteiger partial charge is 0.341 e. The second kappa shape index (κ2) is 9.77. The number of anilines is 1. The van der Waals surface area contributed by atoms with Crippen LogP contribution in [0.15, 0.2) is 89.8 Å². The van der Waals surface area contributed by atoms with Crippen LogP contribution < -0.4 is 9.62 Å². The van der Waals surface area contributed by atoms with Crippen LogP contribution in [0.3, 0.4) is 0 Å². The summed E-state index contributed by atoms with van der Waals surface area (Å²) < 4.78 is 27.6. The second-order valence-corrected chi connectivity index (χ2v) is 8.25. The summed E-state index contributed by atoms with van der Waals surface area (Å²) in [4.78, 5) is 12.5. The number of nitrogens with one attached hydrogen (secondary N) is 1. The maximum Gasteiger partial charge on any atom is 0.264 e. The molecule has 0 unspecified atom stereocenters. The summed E-state index contributed by atoms with van der Waals surface area (Å²) in [6, 6.07) is 24.4. The van der Waals surface area contributed by atoms with E-state index in [-0.39, 0.29) is 29.5 Å². The minimum atomic E-state index is -3.80. The van der Waals surface area contributed by atoms with Gasteiger partial charge in [0.2, 0.25) is 0 Å². The molecule has 30 heavy (non-hydrogen) atoms. The lowest BCUT2D eigenvalue weighted by atomic mass is 10.2. The first-order valence-corrected chi connectivity index (χ1v) is 11.0. The van der Waals surface area contributed by atoms with Gasteiger partial charge in [-0.15, -0.1) is 0 Å². The lowest BCUT2D eigenvalue weighted by Gasteiger charge is -2.23. The Bertz CT molecular complexity index is 1170. The van der Waals surface area contributed by atoms with Crippen molar-refractivity contribution in [3.05, 3.63) is 96.1 Å². The Kier molecular flexibility index (Phi) is 6.89. The van der Waals surface area contributed by atoms with Crippen molar-refractivity contribution in [2.24, 2.45) is 0 Å². The first kappa shape index (κ1) is 21.2. The van der Waals surface area contributed by atoms with Gasteiger partial charge in [-0.05, 0) is 49.4 Å². The van der Waals surface area contributed by atoms with Crippen molar-refractivity contribution in [2.75, 3.05) is 17.4 Å². The molecular formula is C24H22N2O3S. The molecule has 0 saturated heterocycles. The van der Waals surface area contributed by atoms with Crippen molar-refractivity contribution in [2.45, 2.75) is 11.8 Å². The van der Waals surface area contributed by atoms with Crippen molar-refractivity contribution in [3.8, 4) is 11.8 Å². The highest BCUT2D eigenvalue weighted by molar-refractivity contribution is 7.92. The van der Waals surface area contributed by atoms with Gasteiger partial charge in [-0.3, -0.25) is 9.10 Å². The Morgan fingerprint density at radius 2 is 1.60 bits per heavy atom. The van der Waals surface area contributed by atoms with Gasteiger partial charge in [0.25, 0.3) is 15.9 Å². The van der Waals surface area contributed by atoms with Gasteiger partial charge in [0.05, 0.1) is 17.1 Å². The number of sulfonamides is 1. The summed E-state index contributed by atoms with van der Waals surface area (Å²) in [6.45, 7) is 2.21. The van der Waals surface area contributed by atoms with Crippen molar-refractivity contribution >= 4 is 21.6 Å². The minimum Gasteiger partial charge on any atom is -0.341 e. The molecule has 1 amide bonds. The molecule has 0 bridgehead atoms. The van der Waals surface area contributed by atoms with E-state index in [2.05, 4.69) is 17.2 Å². The Hall–Kier alpha value is -3.56. The second-order valence-electron chi connectivity index (χ2n) is 6.38. The molecule has 1 N–H and O–H groups in total. The average molecular weight is 419 g/mol. The molecule has 6 heteroatoms. The summed E-state index contributed by atoms with van der Waals surface area (Å²) in [5.74, 6) is 5.47. The van der Waals surface area contributed by atoms with E-state index < -0.39 is 10.0 Å². The zero-order valence-corrected chi connectivity index (χ0v) is 17.4. The van der Waals surface area contributed by atoms with Crippen LogP contribution >= 0.6 is 0 Å². The highest BCUT2D eigenvalue weighted by atomic mass is 32.2. The number of benzene rings is 3. The average Bonchev–Trinajstić information content (AvgIpc) is 2.78. The van der Waals surface area contributed by atoms with E-state index in [1.165, 1.54) is 16.4 Å². The van der Waals surface area contributed by atoms with Gasteiger partial charge < -0.3 is 5.32 Å². The molecule has 3 aromatic carbocycles. The normalized spacial score (nSPS) is 10.6. The standard InChI is InChI=1S/C24H22N2O3S/c1-2-26(22-15-7-4-8-16-22)30(28,29)23-17-9-14-21(19-23)24(27)25-18-10-13-20-11-5-3-6-12-20/h3-9,11-12,14-17,19H,2,18H2,1H3,(H,25,27). The van der Waals surface area contributed by atoms with Crippen LogP contribution in [-0.4, -0.2) is 27.4 Å². The van der Waals surface area contributed by atoms with Gasteiger partial charge in [0.1, 0.15) is 0 Å². The fraction of sp³-hybridized carbons (Fsp3) is 0.125. The highest BCUT2D eigenvalue weighted by Crippen LogP contribution is 2.23. The third-order valence-corrected chi connectivity index (χ3v) is 6.26. The van der Waals surface area contributed by atoms with Crippen LogP contribution in [0.4, 0.5) is 5.69 Å². The molecule has 3 rings (SSSR count). The molecule has 0 aliphatic rings. The van der Waals surface area contributed by atoms with Crippen LogP contribution in [0.2, 0.25) is 0 Å². The number of amides is 1. The molecule has 152 valence electrons. The number of nitrogens with zero attached hydrogens (tertiary/aromatic N) is 1. The summed E-state index contributed by atoms with van der Waals surface area (Å²) in [5, 5.41) is 2.70. The van der Waals surface area contributed by atoms with E-state index in [0.717, 1.165) is 5.56 Å². The monoisotopic (exact) mass is 418 g/mol. The summed E-state index contributed by atoms with van der Waals surface area (Å²) in [7, 11) is -3.80. The molecule has 0 saturated carbocycles. The van der Waals surface area contributed by atoms with Crippen LogP contribution in [0.5, 0.6) is 0 Å². The summed E-state index contributed by atoms with van der Waals surface area (Å²) in [6.07, 6.45) is 0. The predicted octanol–water partition coefficient (Wildman–Crippen LogP) is 3.68. The number of para-hydroxylation sites is 1. The first-order chi connectivity index (χ1) is 14.5. The molecular weight excluding hydrogens is 396 g/mol. The Morgan fingerprint density at radius 3 is 2.27 bits per heavy atom. The lowest BCUT2D eigenvalue weighted by Crippen LogP contribution is -2.31. The third-order valence-electron chi connectivity index (χ3n) is 4.36. The molecule has 0 spiro atoms. The molecule has 3 aromatic rings. The number of carbonyl (C=O) groups excluding carboxylic acids is 1. The molecule has 0 heterocycles. The zero-order chi connectivity index (χ0) is 21.4. The van der Waals surface area contributed by atoms with Gasteiger partial charge in [0, 0.05) is 17.7 Å². The van der Waals surface area contributed by atoms with E-state index in [4.69, 9.17) is 0 Å². The van der Waals surface area contributed by atoms with Crippen LogP contribution in [0.1, 0.15) is 22.8 Å². The summed E-state index contributed by atoms with van der Waals surface area (Å²) in [5.41, 5.74) is 1.70. The highest BCUT2D eigenvalue weighted by Gasteiger charge is 2.24. The van der Waals surface area contributed by atoms with Gasteiger partial charge >= 0.3 is 0 Å². The number of rotatable bonds is 6. The van der Waals surface area contributed by atoms with Crippen LogP contribution in [0.25, 0.3) is 0 Å². The SMILES string of the molecule is CCN(c1ccccc1)S(=O)(=O)c1cccc(C(=O)NCC#Cc2ccccc2)c1. The Morgan fingerprint density at radius 1 is 0.933 bits per heavy atom. The molecule has 0 fully saturated rings. The zero-order valence-electron chi connectivity index (χ0n) is 16.6. The van der Waals surface area contributed by atoms with Gasteiger partial charge in [0.15, 0.2) is 0 Å². The van der Waals surface area contributed by atoms with Crippen LogP contribution in [0, 0.1) is 11.8 Å². The van der Waals surface area contributed by atoms with E-state index in [1.54, 1.807) is 43.3 Å². The van der Waals surface area contributed by atoms with Crippen molar-refractivity contribution < 1.29 is 13.2 Å². The molecule has 5 nitrogen and oxygen atoms in total. The molecule has 0 aromatic heterocycles. The van der Waals surface area contributed by atoms with Crippen molar-refractivity contribution in [3.63, 3.8) is 0 Å². The number of hydrogen-bond donors (Lipinski definition) is 1. The predicted molar refractivity (Wildman–Crippen MR) is 119 cm³/mol. The molecule has 0 radical (unpaired) electrons. The Balaban J connectivity index is 1.75. The van der Waals surface area contributed by atoms with E-state index >= 15 is 0 Å². The van der Waals surface area contributed by atoms with Crippen LogP contribution in [-0.2, 0) is 10.0 Å². The number of carbonyl (C=O) groups is 1. The molecule has 0 aliphatic carbocycles. The minimum absolute atomic E-state index is 0.0659. The molecule has 0 aliphatic heterocycles. The topological polar surface area (TPSA) is 66.5 Å². The molecule has 0 atom stereocenters.